The molecule has 2 rings (SSSR count). The van der Waals surface area contributed by atoms with Crippen molar-refractivity contribution in [1.82, 2.24) is 4.90 Å². The molecule has 1 N–H and O–H groups in total. The van der Waals surface area contributed by atoms with E-state index in [4.69, 9.17) is 4.74 Å². The zero-order valence-electron chi connectivity index (χ0n) is 11.7. The minimum atomic E-state index is -0.880. The molecule has 1 aliphatic rings. The average molecular weight is 263 g/mol. The van der Waals surface area contributed by atoms with Crippen molar-refractivity contribution in [2.75, 3.05) is 20.2 Å². The highest BCUT2D eigenvalue weighted by Gasteiger charge is 2.31. The van der Waals surface area contributed by atoms with Gasteiger partial charge in [-0.2, -0.15) is 0 Å². The van der Waals surface area contributed by atoms with Crippen LogP contribution in [0.25, 0.3) is 0 Å². The molecule has 1 aromatic rings. The number of rotatable bonds is 3. The summed E-state index contributed by atoms with van der Waals surface area (Å²) in [5, 5.41) is 9.81. The van der Waals surface area contributed by atoms with E-state index in [-0.39, 0.29) is 11.8 Å². The quantitative estimate of drug-likeness (QED) is 0.904. The lowest BCUT2D eigenvalue weighted by atomic mass is 9.91. The highest BCUT2D eigenvalue weighted by molar-refractivity contribution is 5.84. The SMILES string of the molecule is CN(CC(C)(C)O)C(=O)C1CCOc2ccccc21. The maximum Gasteiger partial charge on any atom is 0.230 e. The van der Waals surface area contributed by atoms with Crippen molar-refractivity contribution in [2.24, 2.45) is 0 Å². The number of para-hydroxylation sites is 1. The molecule has 0 aromatic heterocycles. The Labute approximate surface area is 114 Å². The van der Waals surface area contributed by atoms with Gasteiger partial charge in [-0.15, -0.1) is 0 Å². The van der Waals surface area contributed by atoms with Crippen LogP contribution in [0.5, 0.6) is 5.75 Å². The number of likely N-dealkylation sites (N-methyl/N-ethyl adjacent to an activating group) is 1. The lowest BCUT2D eigenvalue weighted by Crippen LogP contribution is -2.42. The number of ether oxygens (including phenoxy) is 1. The third-order valence-corrected chi connectivity index (χ3v) is 3.26. The Kier molecular flexibility index (Phi) is 3.80. The number of aliphatic hydroxyl groups is 1. The van der Waals surface area contributed by atoms with Crippen LogP contribution in [0.15, 0.2) is 24.3 Å². The first kappa shape index (κ1) is 13.9. The van der Waals surface area contributed by atoms with Crippen molar-refractivity contribution < 1.29 is 14.6 Å². The molecule has 0 spiro atoms. The fraction of sp³-hybridized carbons (Fsp3) is 0.533. The van der Waals surface area contributed by atoms with Crippen LogP contribution in [-0.4, -0.2) is 41.7 Å². The van der Waals surface area contributed by atoms with Gasteiger partial charge in [0.1, 0.15) is 5.75 Å². The third kappa shape index (κ3) is 3.26. The van der Waals surface area contributed by atoms with Crippen LogP contribution in [0.3, 0.4) is 0 Å². The highest BCUT2D eigenvalue weighted by Crippen LogP contribution is 2.34. The van der Waals surface area contributed by atoms with E-state index in [2.05, 4.69) is 0 Å². The van der Waals surface area contributed by atoms with Crippen LogP contribution in [-0.2, 0) is 4.79 Å². The lowest BCUT2D eigenvalue weighted by Gasteiger charge is -2.31. The summed E-state index contributed by atoms with van der Waals surface area (Å²) in [6, 6.07) is 7.66. The van der Waals surface area contributed by atoms with Gasteiger partial charge in [0.05, 0.1) is 18.1 Å². The van der Waals surface area contributed by atoms with Crippen LogP contribution in [0.1, 0.15) is 31.7 Å². The summed E-state index contributed by atoms with van der Waals surface area (Å²) >= 11 is 0. The summed E-state index contributed by atoms with van der Waals surface area (Å²) in [4.78, 5) is 14.1. The average Bonchev–Trinajstić information content (AvgIpc) is 2.35. The number of amides is 1. The molecule has 0 saturated heterocycles. The van der Waals surface area contributed by atoms with Gasteiger partial charge in [0, 0.05) is 19.2 Å². The Bertz CT molecular complexity index is 465. The minimum Gasteiger partial charge on any atom is -0.493 e. The Morgan fingerprint density at radius 1 is 1.47 bits per heavy atom. The van der Waals surface area contributed by atoms with Crippen LogP contribution < -0.4 is 4.74 Å². The first-order chi connectivity index (χ1) is 8.88. The number of carbonyl (C=O) groups is 1. The molecule has 4 heteroatoms. The lowest BCUT2D eigenvalue weighted by molar-refractivity contribution is -0.134. The molecule has 19 heavy (non-hydrogen) atoms. The van der Waals surface area contributed by atoms with E-state index in [1.807, 2.05) is 24.3 Å². The molecular weight excluding hydrogens is 242 g/mol. The molecular formula is C15H21NO3. The van der Waals surface area contributed by atoms with Gasteiger partial charge in [0.25, 0.3) is 0 Å². The van der Waals surface area contributed by atoms with Gasteiger partial charge in [-0.25, -0.2) is 0 Å². The van der Waals surface area contributed by atoms with E-state index < -0.39 is 5.60 Å². The van der Waals surface area contributed by atoms with Crippen LogP contribution in [0.4, 0.5) is 0 Å². The van der Waals surface area contributed by atoms with Gasteiger partial charge in [-0.05, 0) is 26.3 Å². The topological polar surface area (TPSA) is 49.8 Å². The molecule has 1 heterocycles. The van der Waals surface area contributed by atoms with Gasteiger partial charge < -0.3 is 14.7 Å². The van der Waals surface area contributed by atoms with Gasteiger partial charge in [-0.1, -0.05) is 18.2 Å². The number of carbonyl (C=O) groups excluding carboxylic acids is 1. The van der Waals surface area contributed by atoms with Gasteiger partial charge in [0.15, 0.2) is 0 Å². The summed E-state index contributed by atoms with van der Waals surface area (Å²) < 4.78 is 5.56. The van der Waals surface area contributed by atoms with Gasteiger partial charge in [-0.3, -0.25) is 4.79 Å². The normalized spacial score (nSPS) is 18.4. The molecule has 0 bridgehead atoms. The number of nitrogens with zero attached hydrogens (tertiary/aromatic N) is 1. The number of hydrogen-bond acceptors (Lipinski definition) is 3. The molecule has 1 aliphatic heterocycles. The predicted octanol–water partition coefficient (Wildman–Crippen LogP) is 1.78. The smallest absolute Gasteiger partial charge is 0.230 e. The Hall–Kier alpha value is -1.55. The molecule has 0 aliphatic carbocycles. The Morgan fingerprint density at radius 3 is 2.84 bits per heavy atom. The van der Waals surface area contributed by atoms with Gasteiger partial charge >= 0.3 is 0 Å². The molecule has 0 saturated carbocycles. The highest BCUT2D eigenvalue weighted by atomic mass is 16.5. The van der Waals surface area contributed by atoms with Crippen LogP contribution in [0.2, 0.25) is 0 Å². The van der Waals surface area contributed by atoms with Crippen molar-refractivity contribution in [1.29, 1.82) is 0 Å². The van der Waals surface area contributed by atoms with E-state index in [1.165, 1.54) is 0 Å². The van der Waals surface area contributed by atoms with Crippen molar-refractivity contribution in [3.05, 3.63) is 29.8 Å². The zero-order valence-corrected chi connectivity index (χ0v) is 11.7. The van der Waals surface area contributed by atoms with Crippen LogP contribution >= 0.6 is 0 Å². The van der Waals surface area contributed by atoms with Crippen molar-refractivity contribution in [2.45, 2.75) is 31.8 Å². The van der Waals surface area contributed by atoms with Crippen molar-refractivity contribution in [3.63, 3.8) is 0 Å². The van der Waals surface area contributed by atoms with E-state index in [1.54, 1.807) is 25.8 Å². The number of fused-ring (bicyclic) bond motifs is 1. The summed E-state index contributed by atoms with van der Waals surface area (Å²) in [7, 11) is 1.73. The number of benzene rings is 1. The second-order valence-corrected chi connectivity index (χ2v) is 5.73. The molecule has 1 aromatic carbocycles. The monoisotopic (exact) mass is 263 g/mol. The molecule has 1 atom stereocenters. The molecule has 1 unspecified atom stereocenters. The first-order valence-corrected chi connectivity index (χ1v) is 6.57. The second kappa shape index (κ2) is 5.21. The fourth-order valence-electron chi connectivity index (χ4n) is 2.52. The first-order valence-electron chi connectivity index (χ1n) is 6.57. The van der Waals surface area contributed by atoms with E-state index >= 15 is 0 Å². The zero-order chi connectivity index (χ0) is 14.0. The molecule has 4 nitrogen and oxygen atoms in total. The summed E-state index contributed by atoms with van der Waals surface area (Å²) in [5.41, 5.74) is 0.0658. The molecule has 0 fully saturated rings. The van der Waals surface area contributed by atoms with Gasteiger partial charge in [0.2, 0.25) is 5.91 Å². The van der Waals surface area contributed by atoms with E-state index in [9.17, 15) is 9.90 Å². The Balaban J connectivity index is 2.17. The summed E-state index contributed by atoms with van der Waals surface area (Å²) in [5.74, 6) is 0.666. The minimum absolute atomic E-state index is 0.0397. The maximum absolute atomic E-state index is 12.5. The van der Waals surface area contributed by atoms with Crippen molar-refractivity contribution in [3.8, 4) is 5.75 Å². The number of hydrogen-bond donors (Lipinski definition) is 1. The standard InChI is InChI=1S/C15H21NO3/c1-15(2,18)10-16(3)14(17)12-8-9-19-13-7-5-4-6-11(12)13/h4-7,12,18H,8-10H2,1-3H3. The third-order valence-electron chi connectivity index (χ3n) is 3.26. The summed E-state index contributed by atoms with van der Waals surface area (Å²) in [6.07, 6.45) is 0.687. The molecule has 1 amide bonds. The van der Waals surface area contributed by atoms with Crippen molar-refractivity contribution >= 4 is 5.91 Å². The largest absolute Gasteiger partial charge is 0.493 e. The fourth-order valence-corrected chi connectivity index (χ4v) is 2.52. The maximum atomic E-state index is 12.5. The van der Waals surface area contributed by atoms with E-state index in [0.29, 0.717) is 19.6 Å². The Morgan fingerprint density at radius 2 is 2.16 bits per heavy atom. The van der Waals surface area contributed by atoms with Crippen LogP contribution in [0, 0.1) is 0 Å². The predicted molar refractivity (Wildman–Crippen MR) is 73.2 cm³/mol. The second-order valence-electron chi connectivity index (χ2n) is 5.73. The van der Waals surface area contributed by atoms with E-state index in [0.717, 1.165) is 11.3 Å². The molecule has 0 radical (unpaired) electrons. The summed E-state index contributed by atoms with van der Waals surface area (Å²) in [6.45, 7) is 4.29. The molecule has 104 valence electrons.